The van der Waals surface area contributed by atoms with Crippen LogP contribution in [0.2, 0.25) is 0 Å². The number of carboxylic acids is 1. The lowest BCUT2D eigenvalue weighted by Gasteiger charge is -2.30. The molecular formula is C10H14BrNO3. The van der Waals surface area contributed by atoms with Gasteiger partial charge in [-0.15, -0.1) is 0 Å². The number of carbonyl (C=O) groups is 1. The summed E-state index contributed by atoms with van der Waals surface area (Å²) in [7, 11) is 1.75. The number of likely N-dealkylation sites (N-methyl/N-ethyl adjacent to an activating group) is 1. The number of hydrogen-bond donors (Lipinski definition) is 1. The third-order valence-corrected chi connectivity index (χ3v) is 3.26. The summed E-state index contributed by atoms with van der Waals surface area (Å²) in [5.74, 6) is -0.125. The molecule has 5 heteroatoms. The van der Waals surface area contributed by atoms with Gasteiger partial charge >= 0.3 is 5.97 Å². The maximum absolute atomic E-state index is 11.0. The van der Waals surface area contributed by atoms with E-state index in [1.54, 1.807) is 38.1 Å². The van der Waals surface area contributed by atoms with Crippen LogP contribution >= 0.6 is 15.9 Å². The maximum Gasteiger partial charge on any atom is 0.323 e. The van der Waals surface area contributed by atoms with Crippen LogP contribution in [0.1, 0.15) is 19.6 Å². The summed E-state index contributed by atoms with van der Waals surface area (Å²) in [6.45, 7) is 3.77. The van der Waals surface area contributed by atoms with Gasteiger partial charge in [0.1, 0.15) is 11.3 Å². The van der Waals surface area contributed by atoms with Crippen molar-refractivity contribution < 1.29 is 14.3 Å². The first-order chi connectivity index (χ1) is 6.85. The zero-order valence-corrected chi connectivity index (χ0v) is 10.5. The Morgan fingerprint density at radius 1 is 1.67 bits per heavy atom. The number of halogens is 1. The quantitative estimate of drug-likeness (QED) is 0.917. The van der Waals surface area contributed by atoms with Gasteiger partial charge in [0.05, 0.1) is 17.3 Å². The molecule has 0 saturated carbocycles. The Balaban J connectivity index is 2.76. The molecule has 0 radical (unpaired) electrons. The van der Waals surface area contributed by atoms with E-state index in [1.165, 1.54) is 0 Å². The smallest absolute Gasteiger partial charge is 0.323 e. The van der Waals surface area contributed by atoms with E-state index in [0.29, 0.717) is 6.54 Å². The first-order valence-electron chi connectivity index (χ1n) is 4.52. The molecule has 4 nitrogen and oxygen atoms in total. The zero-order valence-electron chi connectivity index (χ0n) is 8.95. The van der Waals surface area contributed by atoms with Crippen LogP contribution in [0, 0.1) is 0 Å². The molecule has 0 aliphatic rings. The van der Waals surface area contributed by atoms with Crippen molar-refractivity contribution in [1.29, 1.82) is 0 Å². The average molecular weight is 276 g/mol. The summed E-state index contributed by atoms with van der Waals surface area (Å²) >= 11 is 3.33. The summed E-state index contributed by atoms with van der Waals surface area (Å²) < 4.78 is 6.09. The van der Waals surface area contributed by atoms with Gasteiger partial charge in [0, 0.05) is 0 Å². The van der Waals surface area contributed by atoms with Crippen molar-refractivity contribution in [2.24, 2.45) is 0 Å². The van der Waals surface area contributed by atoms with Crippen LogP contribution in [0.3, 0.4) is 0 Å². The van der Waals surface area contributed by atoms with E-state index < -0.39 is 11.5 Å². The number of carboxylic acid groups (broad SMARTS) is 1. The molecule has 0 unspecified atom stereocenters. The zero-order chi connectivity index (χ0) is 11.6. The van der Waals surface area contributed by atoms with Gasteiger partial charge in [-0.3, -0.25) is 9.69 Å². The van der Waals surface area contributed by atoms with Crippen LogP contribution in [-0.4, -0.2) is 28.6 Å². The third kappa shape index (κ3) is 2.60. The molecule has 0 aliphatic heterocycles. The fraction of sp³-hybridized carbons (Fsp3) is 0.500. The summed E-state index contributed by atoms with van der Waals surface area (Å²) in [5.41, 5.74) is -0.910. The van der Waals surface area contributed by atoms with E-state index in [2.05, 4.69) is 15.9 Å². The molecule has 1 N–H and O–H groups in total. The lowest BCUT2D eigenvalue weighted by molar-refractivity contribution is -0.148. The second kappa shape index (κ2) is 4.37. The fourth-order valence-electron chi connectivity index (χ4n) is 1.01. The molecule has 15 heavy (non-hydrogen) atoms. The predicted molar refractivity (Wildman–Crippen MR) is 59.6 cm³/mol. The summed E-state index contributed by atoms with van der Waals surface area (Å²) in [5, 5.41) is 9.03. The molecule has 1 aromatic heterocycles. The molecule has 0 aromatic carbocycles. The van der Waals surface area contributed by atoms with Gasteiger partial charge < -0.3 is 9.52 Å². The molecule has 1 rings (SSSR count). The van der Waals surface area contributed by atoms with Crippen LogP contribution in [0.15, 0.2) is 21.2 Å². The highest BCUT2D eigenvalue weighted by Crippen LogP contribution is 2.22. The van der Waals surface area contributed by atoms with E-state index in [-0.39, 0.29) is 0 Å². The Morgan fingerprint density at radius 3 is 2.67 bits per heavy atom. The SMILES string of the molecule is CN(Cc1occc1Br)C(C)(C)C(=O)O. The second-order valence-corrected chi connectivity index (χ2v) is 4.77. The topological polar surface area (TPSA) is 53.7 Å². The van der Waals surface area contributed by atoms with E-state index >= 15 is 0 Å². The van der Waals surface area contributed by atoms with Crippen LogP contribution < -0.4 is 0 Å². The largest absolute Gasteiger partial charge is 0.480 e. The van der Waals surface area contributed by atoms with Crippen LogP contribution in [0.4, 0.5) is 0 Å². The van der Waals surface area contributed by atoms with Gasteiger partial charge in [-0.2, -0.15) is 0 Å². The predicted octanol–water partition coefficient (Wildman–Crippen LogP) is 2.34. The van der Waals surface area contributed by atoms with E-state index in [0.717, 1.165) is 10.2 Å². The second-order valence-electron chi connectivity index (χ2n) is 3.91. The molecule has 0 fully saturated rings. The van der Waals surface area contributed by atoms with Crippen molar-refractivity contribution in [3.8, 4) is 0 Å². The highest BCUT2D eigenvalue weighted by molar-refractivity contribution is 9.10. The van der Waals surface area contributed by atoms with Crippen molar-refractivity contribution in [1.82, 2.24) is 4.90 Å². The van der Waals surface area contributed by atoms with Gasteiger partial charge in [-0.05, 0) is 42.9 Å². The maximum atomic E-state index is 11.0. The first kappa shape index (κ1) is 12.3. The third-order valence-electron chi connectivity index (χ3n) is 2.55. The van der Waals surface area contributed by atoms with E-state index in [9.17, 15) is 4.79 Å². The van der Waals surface area contributed by atoms with Gasteiger partial charge in [-0.25, -0.2) is 0 Å². The molecule has 0 aliphatic carbocycles. The van der Waals surface area contributed by atoms with Crippen molar-refractivity contribution in [3.05, 3.63) is 22.6 Å². The summed E-state index contributed by atoms with van der Waals surface area (Å²) in [6.07, 6.45) is 1.57. The standard InChI is InChI=1S/C10H14BrNO3/c1-10(2,9(13)14)12(3)6-8-7(11)4-5-15-8/h4-5H,6H2,1-3H3,(H,13,14). The van der Waals surface area contributed by atoms with Crippen molar-refractivity contribution >= 4 is 21.9 Å². The lowest BCUT2D eigenvalue weighted by Crippen LogP contribution is -2.47. The fourth-order valence-corrected chi connectivity index (χ4v) is 1.34. The van der Waals surface area contributed by atoms with Gasteiger partial charge in [0.2, 0.25) is 0 Å². The number of nitrogens with zero attached hydrogens (tertiary/aromatic N) is 1. The van der Waals surface area contributed by atoms with Gasteiger partial charge in [0.15, 0.2) is 0 Å². The lowest BCUT2D eigenvalue weighted by atomic mass is 10.0. The van der Waals surface area contributed by atoms with Crippen LogP contribution in [-0.2, 0) is 11.3 Å². The first-order valence-corrected chi connectivity index (χ1v) is 5.31. The summed E-state index contributed by atoms with van der Waals surface area (Å²) in [4.78, 5) is 12.7. The average Bonchev–Trinajstić information content (AvgIpc) is 2.51. The molecule has 0 saturated heterocycles. The molecule has 0 bridgehead atoms. The Kier molecular flexibility index (Phi) is 3.57. The Hall–Kier alpha value is -0.810. The molecule has 0 spiro atoms. The minimum absolute atomic E-state index is 0.451. The number of rotatable bonds is 4. The Bertz CT molecular complexity index is 359. The van der Waals surface area contributed by atoms with E-state index in [4.69, 9.17) is 9.52 Å². The minimum atomic E-state index is -0.910. The number of hydrogen-bond acceptors (Lipinski definition) is 3. The number of furan rings is 1. The monoisotopic (exact) mass is 275 g/mol. The van der Waals surface area contributed by atoms with Crippen molar-refractivity contribution in [3.63, 3.8) is 0 Å². The van der Waals surface area contributed by atoms with Crippen LogP contribution in [0.25, 0.3) is 0 Å². The molecule has 0 amide bonds. The van der Waals surface area contributed by atoms with Gasteiger partial charge in [0.25, 0.3) is 0 Å². The Morgan fingerprint density at radius 2 is 2.27 bits per heavy atom. The van der Waals surface area contributed by atoms with Crippen LogP contribution in [0.5, 0.6) is 0 Å². The van der Waals surface area contributed by atoms with Crippen molar-refractivity contribution in [2.45, 2.75) is 25.9 Å². The molecule has 0 atom stereocenters. The summed E-state index contributed by atoms with van der Waals surface area (Å²) in [6, 6.07) is 1.79. The van der Waals surface area contributed by atoms with Gasteiger partial charge in [-0.1, -0.05) is 0 Å². The molecule has 84 valence electrons. The Labute approximate surface area is 97.0 Å². The normalized spacial score (nSPS) is 12.1. The highest BCUT2D eigenvalue weighted by atomic mass is 79.9. The minimum Gasteiger partial charge on any atom is -0.480 e. The molecule has 1 aromatic rings. The number of aliphatic carboxylic acids is 1. The van der Waals surface area contributed by atoms with Crippen molar-refractivity contribution in [2.75, 3.05) is 7.05 Å². The highest BCUT2D eigenvalue weighted by Gasteiger charge is 2.32. The van der Waals surface area contributed by atoms with E-state index in [1.807, 2.05) is 0 Å². The molecular weight excluding hydrogens is 262 g/mol. The molecule has 1 heterocycles.